The zero-order chi connectivity index (χ0) is 26.5. The quantitative estimate of drug-likeness (QED) is 0.220. The van der Waals surface area contributed by atoms with Gasteiger partial charge in [-0.2, -0.15) is 0 Å². The second-order valence-electron chi connectivity index (χ2n) is 9.95. The second kappa shape index (κ2) is 9.11. The van der Waals surface area contributed by atoms with Gasteiger partial charge in [0.05, 0.1) is 5.69 Å². The highest BCUT2D eigenvalue weighted by Crippen LogP contribution is 2.47. The van der Waals surface area contributed by atoms with Gasteiger partial charge >= 0.3 is 0 Å². The van der Waals surface area contributed by atoms with E-state index in [0.717, 1.165) is 22.6 Å². The Hall–Kier alpha value is -5.41. The number of hydrogen-bond donors (Lipinski definition) is 0. The number of aromatic nitrogens is 1. The molecule has 188 valence electrons. The fraction of sp³-hybridized carbons (Fsp3) is 0. The van der Waals surface area contributed by atoms with E-state index in [1.165, 1.54) is 38.2 Å². The first-order valence-corrected chi connectivity index (χ1v) is 13.4. The van der Waals surface area contributed by atoms with Crippen LogP contribution in [0.1, 0.15) is 0 Å². The minimum Gasteiger partial charge on any atom is -0.450 e. The molecule has 0 amide bonds. The molecule has 0 unspecified atom stereocenters. The van der Waals surface area contributed by atoms with Gasteiger partial charge in [-0.05, 0) is 74.6 Å². The van der Waals surface area contributed by atoms with Crippen molar-refractivity contribution in [2.24, 2.45) is 0 Å². The fourth-order valence-corrected chi connectivity index (χ4v) is 5.75. The van der Waals surface area contributed by atoms with Crippen molar-refractivity contribution < 1.29 is 9.47 Å². The van der Waals surface area contributed by atoms with E-state index in [1.54, 1.807) is 0 Å². The molecule has 3 nitrogen and oxygen atoms in total. The van der Waals surface area contributed by atoms with Crippen LogP contribution in [-0.2, 0) is 0 Å². The van der Waals surface area contributed by atoms with Gasteiger partial charge in [-0.15, -0.1) is 0 Å². The summed E-state index contributed by atoms with van der Waals surface area (Å²) in [6, 6.07) is 45.9. The second-order valence-corrected chi connectivity index (χ2v) is 9.95. The molecule has 0 atom stereocenters. The van der Waals surface area contributed by atoms with Gasteiger partial charge in [0.25, 0.3) is 0 Å². The molecule has 1 aliphatic rings. The van der Waals surface area contributed by atoms with Crippen LogP contribution in [0.2, 0.25) is 0 Å². The molecule has 2 heterocycles. The number of ether oxygens (including phenoxy) is 2. The highest BCUT2D eigenvalue weighted by atomic mass is 16.6. The number of benzene rings is 6. The molecule has 0 radical (unpaired) electrons. The largest absolute Gasteiger partial charge is 0.450 e. The smallest absolute Gasteiger partial charge is 0.170 e. The SMILES string of the molecule is c1ccc(-c2c3ccccc3c(-c3ccc(-c4ccc5c(c4)Oc4ccccc4O5)nc3)c3ccccc23)cc1. The van der Waals surface area contributed by atoms with Crippen LogP contribution in [0, 0.1) is 0 Å². The van der Waals surface area contributed by atoms with Crippen LogP contribution in [0.25, 0.3) is 55.1 Å². The summed E-state index contributed by atoms with van der Waals surface area (Å²) in [5.41, 5.74) is 6.62. The van der Waals surface area contributed by atoms with Crippen molar-refractivity contribution in [3.63, 3.8) is 0 Å². The van der Waals surface area contributed by atoms with Crippen molar-refractivity contribution in [3.8, 4) is 56.5 Å². The van der Waals surface area contributed by atoms with Gasteiger partial charge in [-0.3, -0.25) is 4.98 Å². The van der Waals surface area contributed by atoms with E-state index in [2.05, 4.69) is 91.0 Å². The lowest BCUT2D eigenvalue weighted by Crippen LogP contribution is -1.99. The van der Waals surface area contributed by atoms with Gasteiger partial charge in [0, 0.05) is 17.3 Å². The standard InChI is InChI=1S/C37H23NO2/c1-2-10-24(11-3-1)36-27-12-4-6-14-29(27)37(30-15-7-5-13-28(30)36)26-18-20-31(38-23-26)25-19-21-34-35(22-25)40-33-17-9-8-16-32(33)39-34/h1-23H. The highest BCUT2D eigenvalue weighted by Gasteiger charge is 2.20. The molecule has 40 heavy (non-hydrogen) atoms. The van der Waals surface area contributed by atoms with Crippen molar-refractivity contribution in [2.75, 3.05) is 0 Å². The zero-order valence-corrected chi connectivity index (χ0v) is 21.5. The van der Waals surface area contributed by atoms with E-state index in [0.29, 0.717) is 17.2 Å². The molecule has 1 aromatic heterocycles. The van der Waals surface area contributed by atoms with Crippen LogP contribution >= 0.6 is 0 Å². The van der Waals surface area contributed by atoms with E-state index in [9.17, 15) is 0 Å². The molecule has 1 aliphatic heterocycles. The lowest BCUT2D eigenvalue weighted by Gasteiger charge is -2.21. The third-order valence-electron chi connectivity index (χ3n) is 7.57. The van der Waals surface area contributed by atoms with Crippen molar-refractivity contribution in [3.05, 3.63) is 140 Å². The van der Waals surface area contributed by atoms with Gasteiger partial charge in [0.15, 0.2) is 23.0 Å². The summed E-state index contributed by atoms with van der Waals surface area (Å²) in [6.07, 6.45) is 1.98. The van der Waals surface area contributed by atoms with Crippen molar-refractivity contribution >= 4 is 21.5 Å². The van der Waals surface area contributed by atoms with Gasteiger partial charge in [0.1, 0.15) is 0 Å². The van der Waals surface area contributed by atoms with Gasteiger partial charge in [0.2, 0.25) is 0 Å². The van der Waals surface area contributed by atoms with Crippen molar-refractivity contribution in [1.82, 2.24) is 4.98 Å². The summed E-state index contributed by atoms with van der Waals surface area (Å²) in [7, 11) is 0. The molecule has 0 spiro atoms. The molecule has 0 fully saturated rings. The molecule has 0 saturated carbocycles. The summed E-state index contributed by atoms with van der Waals surface area (Å²) < 4.78 is 12.1. The summed E-state index contributed by atoms with van der Waals surface area (Å²) in [5, 5.41) is 4.90. The summed E-state index contributed by atoms with van der Waals surface area (Å²) in [5.74, 6) is 2.84. The zero-order valence-electron chi connectivity index (χ0n) is 21.5. The van der Waals surface area contributed by atoms with Crippen LogP contribution in [0.15, 0.2) is 140 Å². The number of para-hydroxylation sites is 2. The summed E-state index contributed by atoms with van der Waals surface area (Å²) in [4.78, 5) is 4.92. The van der Waals surface area contributed by atoms with Gasteiger partial charge < -0.3 is 9.47 Å². The average molecular weight is 514 g/mol. The number of hydrogen-bond acceptors (Lipinski definition) is 3. The van der Waals surface area contributed by atoms with E-state index in [1.807, 2.05) is 48.7 Å². The Labute approximate surface area is 231 Å². The maximum absolute atomic E-state index is 6.12. The summed E-state index contributed by atoms with van der Waals surface area (Å²) in [6.45, 7) is 0. The highest BCUT2D eigenvalue weighted by molar-refractivity contribution is 6.21. The minimum absolute atomic E-state index is 0.690. The molecular weight excluding hydrogens is 490 g/mol. The first-order valence-electron chi connectivity index (χ1n) is 13.4. The van der Waals surface area contributed by atoms with Crippen LogP contribution in [0.4, 0.5) is 0 Å². The first-order chi connectivity index (χ1) is 19.8. The number of rotatable bonds is 3. The molecule has 0 bridgehead atoms. The Bertz CT molecular complexity index is 1990. The Morgan fingerprint density at radius 1 is 0.375 bits per heavy atom. The molecular formula is C37H23NO2. The lowest BCUT2D eigenvalue weighted by molar-refractivity contribution is 0.360. The topological polar surface area (TPSA) is 31.4 Å². The fourth-order valence-electron chi connectivity index (χ4n) is 5.75. The maximum atomic E-state index is 6.12. The molecule has 0 saturated heterocycles. The molecule has 0 aliphatic carbocycles. The van der Waals surface area contributed by atoms with E-state index < -0.39 is 0 Å². The predicted octanol–water partition coefficient (Wildman–Crippen LogP) is 10.3. The Kier molecular flexibility index (Phi) is 5.14. The van der Waals surface area contributed by atoms with Gasteiger partial charge in [-0.25, -0.2) is 0 Å². The third-order valence-corrected chi connectivity index (χ3v) is 7.57. The maximum Gasteiger partial charge on any atom is 0.170 e. The van der Waals surface area contributed by atoms with Crippen molar-refractivity contribution in [2.45, 2.75) is 0 Å². The number of pyridine rings is 1. The molecule has 7 aromatic rings. The van der Waals surface area contributed by atoms with Crippen LogP contribution in [0.3, 0.4) is 0 Å². The molecule has 0 N–H and O–H groups in total. The Morgan fingerprint density at radius 3 is 1.48 bits per heavy atom. The minimum atomic E-state index is 0.690. The number of fused-ring (bicyclic) bond motifs is 4. The lowest BCUT2D eigenvalue weighted by atomic mass is 9.86. The van der Waals surface area contributed by atoms with Gasteiger partial charge in [-0.1, -0.05) is 97.1 Å². The molecule has 6 aromatic carbocycles. The molecule has 8 rings (SSSR count). The van der Waals surface area contributed by atoms with Crippen molar-refractivity contribution in [1.29, 1.82) is 0 Å². The average Bonchev–Trinajstić information content (AvgIpc) is 3.03. The van der Waals surface area contributed by atoms with E-state index in [4.69, 9.17) is 14.5 Å². The summed E-state index contributed by atoms with van der Waals surface area (Å²) >= 11 is 0. The predicted molar refractivity (Wildman–Crippen MR) is 162 cm³/mol. The van der Waals surface area contributed by atoms with E-state index in [-0.39, 0.29) is 0 Å². The first kappa shape index (κ1) is 22.6. The number of nitrogens with zero attached hydrogens (tertiary/aromatic N) is 1. The Morgan fingerprint density at radius 2 is 0.875 bits per heavy atom. The third kappa shape index (κ3) is 3.63. The Balaban J connectivity index is 1.25. The molecule has 3 heteroatoms. The van der Waals surface area contributed by atoms with Crippen LogP contribution in [-0.4, -0.2) is 4.98 Å². The van der Waals surface area contributed by atoms with E-state index >= 15 is 0 Å². The van der Waals surface area contributed by atoms with Crippen LogP contribution < -0.4 is 9.47 Å². The van der Waals surface area contributed by atoms with Crippen LogP contribution in [0.5, 0.6) is 23.0 Å². The normalized spacial score (nSPS) is 11.9. The monoisotopic (exact) mass is 513 g/mol.